The van der Waals surface area contributed by atoms with Crippen LogP contribution in [0.2, 0.25) is 0 Å². The largest absolute Gasteiger partial charge is 0.497 e. The molecule has 0 atom stereocenters. The maximum absolute atomic E-state index is 6.01. The average Bonchev–Trinajstić information content (AvgIpc) is 2.27. The second kappa shape index (κ2) is 5.23. The van der Waals surface area contributed by atoms with E-state index >= 15 is 0 Å². The van der Waals surface area contributed by atoms with Gasteiger partial charge in [-0.1, -0.05) is 0 Å². The Hall–Kier alpha value is -0.800. The first-order valence-electron chi connectivity index (χ1n) is 6.00. The van der Waals surface area contributed by atoms with E-state index in [1.54, 1.807) is 7.11 Å². The van der Waals surface area contributed by atoms with Gasteiger partial charge in [-0.15, -0.1) is 11.6 Å². The van der Waals surface area contributed by atoms with Crippen molar-refractivity contribution in [3.8, 4) is 5.75 Å². The van der Waals surface area contributed by atoms with E-state index in [4.69, 9.17) is 16.3 Å². The zero-order chi connectivity index (χ0) is 12.3. The zero-order valence-electron chi connectivity index (χ0n) is 10.4. The number of pyridine rings is 1. The maximum atomic E-state index is 6.01. The first-order chi connectivity index (χ1) is 8.17. The highest BCUT2D eigenvalue weighted by Crippen LogP contribution is 2.33. The lowest BCUT2D eigenvalue weighted by atomic mass is 9.78. The van der Waals surface area contributed by atoms with E-state index < -0.39 is 0 Å². The summed E-state index contributed by atoms with van der Waals surface area (Å²) >= 11 is 6.01. The molecule has 2 rings (SSSR count). The minimum Gasteiger partial charge on any atom is -0.497 e. The summed E-state index contributed by atoms with van der Waals surface area (Å²) in [6, 6.07) is 3.91. The molecule has 94 valence electrons. The summed E-state index contributed by atoms with van der Waals surface area (Å²) < 4.78 is 5.24. The number of ether oxygens (including phenoxy) is 1. The Labute approximate surface area is 108 Å². The van der Waals surface area contributed by atoms with Gasteiger partial charge in [0.1, 0.15) is 5.75 Å². The number of aromatic nitrogens is 1. The van der Waals surface area contributed by atoms with Crippen LogP contribution in [0.3, 0.4) is 0 Å². The predicted molar refractivity (Wildman–Crippen MR) is 69.7 cm³/mol. The highest BCUT2D eigenvalue weighted by Gasteiger charge is 2.35. The number of rotatable bonds is 5. The quantitative estimate of drug-likeness (QED) is 0.821. The summed E-state index contributed by atoms with van der Waals surface area (Å²) in [5, 5.41) is 3.53. The fraction of sp³-hybridized carbons (Fsp3) is 0.615. The molecule has 1 aliphatic carbocycles. The fourth-order valence-electron chi connectivity index (χ4n) is 2.15. The summed E-state index contributed by atoms with van der Waals surface area (Å²) in [5.41, 5.74) is 2.13. The van der Waals surface area contributed by atoms with Gasteiger partial charge in [0, 0.05) is 35.8 Å². The van der Waals surface area contributed by atoms with Crippen molar-refractivity contribution >= 4 is 11.6 Å². The van der Waals surface area contributed by atoms with Gasteiger partial charge in [0.2, 0.25) is 0 Å². The van der Waals surface area contributed by atoms with Crippen LogP contribution in [0, 0.1) is 6.92 Å². The van der Waals surface area contributed by atoms with Gasteiger partial charge in [-0.2, -0.15) is 0 Å². The van der Waals surface area contributed by atoms with E-state index in [1.165, 1.54) is 19.3 Å². The topological polar surface area (TPSA) is 34.1 Å². The molecule has 0 aliphatic heterocycles. The Morgan fingerprint density at radius 1 is 1.47 bits per heavy atom. The molecule has 1 fully saturated rings. The summed E-state index contributed by atoms with van der Waals surface area (Å²) in [6.07, 6.45) is 3.60. The van der Waals surface area contributed by atoms with Crippen LogP contribution in [0.25, 0.3) is 0 Å². The van der Waals surface area contributed by atoms with Crippen molar-refractivity contribution in [3.63, 3.8) is 0 Å². The molecule has 3 nitrogen and oxygen atoms in total. The van der Waals surface area contributed by atoms with Crippen molar-refractivity contribution in [1.29, 1.82) is 0 Å². The molecule has 1 N–H and O–H groups in total. The Morgan fingerprint density at radius 3 is 2.76 bits per heavy atom. The minimum atomic E-state index is 0.139. The lowest BCUT2D eigenvalue weighted by molar-refractivity contribution is 0.210. The number of nitrogens with zero attached hydrogens (tertiary/aromatic N) is 1. The third kappa shape index (κ3) is 2.90. The van der Waals surface area contributed by atoms with E-state index in [0.29, 0.717) is 5.88 Å². The van der Waals surface area contributed by atoms with E-state index in [9.17, 15) is 0 Å². The summed E-state index contributed by atoms with van der Waals surface area (Å²) in [5.74, 6) is 1.54. The third-order valence-electron chi connectivity index (χ3n) is 3.43. The molecule has 0 unspecified atom stereocenters. The van der Waals surface area contributed by atoms with Crippen molar-refractivity contribution in [2.75, 3.05) is 13.0 Å². The monoisotopic (exact) mass is 254 g/mol. The van der Waals surface area contributed by atoms with Crippen LogP contribution in [-0.2, 0) is 6.54 Å². The maximum Gasteiger partial charge on any atom is 0.122 e. The Balaban J connectivity index is 2.01. The average molecular weight is 255 g/mol. The van der Waals surface area contributed by atoms with Gasteiger partial charge < -0.3 is 10.1 Å². The van der Waals surface area contributed by atoms with Crippen molar-refractivity contribution < 1.29 is 4.74 Å². The standard InChI is InChI=1S/C13H19ClN2O/c1-10-6-12(17-2)7-11(16-10)8-15-13(9-14)4-3-5-13/h6-7,15H,3-5,8-9H2,1-2H3. The molecule has 0 spiro atoms. The van der Waals surface area contributed by atoms with Gasteiger partial charge in [0.05, 0.1) is 12.8 Å². The van der Waals surface area contributed by atoms with Crippen molar-refractivity contribution in [2.24, 2.45) is 0 Å². The zero-order valence-corrected chi connectivity index (χ0v) is 11.2. The second-order valence-corrected chi connectivity index (χ2v) is 5.03. The first-order valence-corrected chi connectivity index (χ1v) is 6.53. The van der Waals surface area contributed by atoms with E-state index in [2.05, 4.69) is 10.3 Å². The summed E-state index contributed by atoms with van der Waals surface area (Å²) in [6.45, 7) is 2.73. The molecular weight excluding hydrogens is 236 g/mol. The number of hydrogen-bond donors (Lipinski definition) is 1. The van der Waals surface area contributed by atoms with Crippen LogP contribution in [-0.4, -0.2) is 23.5 Å². The lowest BCUT2D eigenvalue weighted by Gasteiger charge is -2.41. The van der Waals surface area contributed by atoms with E-state index in [0.717, 1.165) is 23.7 Å². The highest BCUT2D eigenvalue weighted by atomic mass is 35.5. The number of alkyl halides is 1. The van der Waals surface area contributed by atoms with Gasteiger partial charge in [0.15, 0.2) is 0 Å². The van der Waals surface area contributed by atoms with E-state index in [-0.39, 0.29) is 5.54 Å². The molecule has 0 bridgehead atoms. The molecule has 1 aromatic heterocycles. The predicted octanol–water partition coefficient (Wildman–Crippen LogP) is 2.65. The minimum absolute atomic E-state index is 0.139. The molecule has 1 aromatic rings. The fourth-order valence-corrected chi connectivity index (χ4v) is 2.51. The van der Waals surface area contributed by atoms with Crippen LogP contribution in [0.5, 0.6) is 5.75 Å². The third-order valence-corrected chi connectivity index (χ3v) is 3.94. The molecule has 1 heterocycles. The lowest BCUT2D eigenvalue weighted by Crippen LogP contribution is -2.52. The molecule has 0 saturated heterocycles. The molecule has 0 amide bonds. The number of hydrogen-bond acceptors (Lipinski definition) is 3. The smallest absolute Gasteiger partial charge is 0.122 e. The van der Waals surface area contributed by atoms with Gasteiger partial charge in [-0.05, 0) is 26.2 Å². The molecular formula is C13H19ClN2O. The Bertz CT molecular complexity index is 385. The first kappa shape index (κ1) is 12.7. The number of nitrogens with one attached hydrogen (secondary N) is 1. The van der Waals surface area contributed by atoms with Crippen LogP contribution in [0.15, 0.2) is 12.1 Å². The number of aryl methyl sites for hydroxylation is 1. The van der Waals surface area contributed by atoms with Crippen molar-refractivity contribution in [1.82, 2.24) is 10.3 Å². The summed E-state index contributed by atoms with van der Waals surface area (Å²) in [7, 11) is 1.68. The molecule has 17 heavy (non-hydrogen) atoms. The van der Waals surface area contributed by atoms with Gasteiger partial charge in [0.25, 0.3) is 0 Å². The Kier molecular flexibility index (Phi) is 3.89. The van der Waals surface area contributed by atoms with Crippen LogP contribution in [0.1, 0.15) is 30.7 Å². The van der Waals surface area contributed by atoms with Gasteiger partial charge >= 0.3 is 0 Å². The van der Waals surface area contributed by atoms with Crippen molar-refractivity contribution in [3.05, 3.63) is 23.5 Å². The van der Waals surface area contributed by atoms with Gasteiger partial charge in [-0.3, -0.25) is 4.98 Å². The summed E-state index contributed by atoms with van der Waals surface area (Å²) in [4.78, 5) is 4.49. The number of methoxy groups -OCH3 is 1. The molecule has 1 saturated carbocycles. The molecule has 1 aliphatic rings. The van der Waals surface area contributed by atoms with Crippen LogP contribution < -0.4 is 10.1 Å². The van der Waals surface area contributed by atoms with Crippen LogP contribution in [0.4, 0.5) is 0 Å². The number of halogens is 1. The normalized spacial score (nSPS) is 17.6. The molecule has 0 aromatic carbocycles. The highest BCUT2D eigenvalue weighted by molar-refractivity contribution is 6.18. The molecule has 4 heteroatoms. The van der Waals surface area contributed by atoms with E-state index in [1.807, 2.05) is 19.1 Å². The Morgan fingerprint density at radius 2 is 2.24 bits per heavy atom. The SMILES string of the molecule is COc1cc(C)nc(CNC2(CCl)CCC2)c1. The van der Waals surface area contributed by atoms with Crippen LogP contribution >= 0.6 is 11.6 Å². The van der Waals surface area contributed by atoms with Crippen molar-refractivity contribution in [2.45, 2.75) is 38.3 Å². The second-order valence-electron chi connectivity index (χ2n) is 4.76. The van der Waals surface area contributed by atoms with Gasteiger partial charge in [-0.25, -0.2) is 0 Å². The molecule has 0 radical (unpaired) electrons.